The molecule has 0 saturated heterocycles. The highest BCUT2D eigenvalue weighted by Crippen LogP contribution is 2.36. The van der Waals surface area contributed by atoms with Crippen molar-refractivity contribution in [1.82, 2.24) is 0 Å². The van der Waals surface area contributed by atoms with Gasteiger partial charge in [0.15, 0.2) is 46.1 Å². The molecule has 0 aliphatic heterocycles. The molecule has 4 aromatic carbocycles. The maximum Gasteiger partial charge on any atom is 0.248 e. The van der Waals surface area contributed by atoms with Gasteiger partial charge in [-0.25, -0.2) is 17.6 Å². The molecule has 0 spiro atoms. The Morgan fingerprint density at radius 1 is 0.762 bits per heavy atom. The Morgan fingerprint density at radius 2 is 1.31 bits per heavy atom. The van der Waals surface area contributed by atoms with Crippen LogP contribution in [0.1, 0.15) is 40.9 Å². The molecule has 0 unspecified atom stereocenters. The van der Waals surface area contributed by atoms with Crippen LogP contribution in [0.15, 0.2) is 60.7 Å². The van der Waals surface area contributed by atoms with Gasteiger partial charge in [0, 0.05) is 17.7 Å². The van der Waals surface area contributed by atoms with Crippen LogP contribution in [0, 0.1) is 34.6 Å². The highest BCUT2D eigenvalue weighted by molar-refractivity contribution is 5.92. The van der Waals surface area contributed by atoms with Crippen molar-refractivity contribution in [1.29, 1.82) is 5.26 Å². The molecule has 11 heteroatoms. The molecular weight excluding hydrogens is 556 g/mol. The number of benzene rings is 4. The minimum absolute atomic E-state index is 0.0171. The Hall–Kier alpha value is -5.24. The standard InChI is InChI=1S/C16H13F2NO2.C15H13F2NO3/c1-3-11-7-15(20-2)16(8-12(11)17)21-14-5-4-10(9-19)6-13(14)18;1-2-8-6-12(19)14(7-10(8)16)21-13-4-3-9(15(18)20)5-11(13)17/h4-8H,3H2,1-2H3;3-7,19H,2H2,1H3,(H2,18,20). The number of hydrogen-bond donors (Lipinski definition) is 2. The molecule has 0 aliphatic rings. The molecule has 0 heterocycles. The first-order valence-corrected chi connectivity index (χ1v) is 12.5. The fraction of sp³-hybridized carbons (Fsp3) is 0.161. The van der Waals surface area contributed by atoms with Crippen LogP contribution in [0.4, 0.5) is 17.6 Å². The van der Waals surface area contributed by atoms with Crippen LogP contribution in [0.5, 0.6) is 34.5 Å². The number of aromatic hydroxyl groups is 1. The zero-order valence-electron chi connectivity index (χ0n) is 22.8. The van der Waals surface area contributed by atoms with Gasteiger partial charge in [-0.05, 0) is 72.5 Å². The number of nitriles is 1. The normalized spacial score (nSPS) is 10.2. The van der Waals surface area contributed by atoms with Gasteiger partial charge in [-0.1, -0.05) is 13.8 Å². The van der Waals surface area contributed by atoms with E-state index in [9.17, 15) is 27.5 Å². The number of carbonyl (C=O) groups is 1. The van der Waals surface area contributed by atoms with E-state index < -0.39 is 29.2 Å². The lowest BCUT2D eigenvalue weighted by Gasteiger charge is -2.13. The number of halogens is 4. The maximum atomic E-state index is 13.8. The summed E-state index contributed by atoms with van der Waals surface area (Å²) in [4.78, 5) is 10.9. The first-order valence-electron chi connectivity index (χ1n) is 12.5. The summed E-state index contributed by atoms with van der Waals surface area (Å²) in [5.74, 6) is -3.78. The van der Waals surface area contributed by atoms with Gasteiger partial charge < -0.3 is 25.1 Å². The summed E-state index contributed by atoms with van der Waals surface area (Å²) in [5.41, 5.74) is 6.00. The third kappa shape index (κ3) is 7.48. The summed E-state index contributed by atoms with van der Waals surface area (Å²) >= 11 is 0. The Kier molecular flexibility index (Phi) is 10.4. The Bertz CT molecular complexity index is 1650. The van der Waals surface area contributed by atoms with Gasteiger partial charge in [0.25, 0.3) is 0 Å². The van der Waals surface area contributed by atoms with Gasteiger partial charge in [0.05, 0.1) is 18.7 Å². The number of carbonyl (C=O) groups excluding carboxylic acids is 1. The third-order valence-electron chi connectivity index (χ3n) is 5.94. The van der Waals surface area contributed by atoms with E-state index in [-0.39, 0.29) is 39.9 Å². The quantitative estimate of drug-likeness (QED) is 0.210. The van der Waals surface area contributed by atoms with E-state index in [0.29, 0.717) is 29.7 Å². The molecule has 4 rings (SSSR count). The van der Waals surface area contributed by atoms with Crippen molar-refractivity contribution in [3.8, 4) is 40.6 Å². The molecule has 0 aromatic heterocycles. The Morgan fingerprint density at radius 3 is 1.83 bits per heavy atom. The van der Waals surface area contributed by atoms with Crippen LogP contribution < -0.4 is 19.9 Å². The lowest BCUT2D eigenvalue weighted by atomic mass is 10.1. The second kappa shape index (κ2) is 13.9. The van der Waals surface area contributed by atoms with Crippen LogP contribution in [-0.4, -0.2) is 18.1 Å². The second-order valence-electron chi connectivity index (χ2n) is 8.68. The van der Waals surface area contributed by atoms with Crippen LogP contribution in [0.25, 0.3) is 0 Å². The Balaban J connectivity index is 0.000000230. The molecule has 42 heavy (non-hydrogen) atoms. The molecule has 0 radical (unpaired) electrons. The fourth-order valence-corrected chi connectivity index (χ4v) is 3.65. The highest BCUT2D eigenvalue weighted by atomic mass is 19.1. The largest absolute Gasteiger partial charge is 0.504 e. The molecule has 0 saturated carbocycles. The predicted octanol–water partition coefficient (Wildman–Crippen LogP) is 7.32. The number of methoxy groups -OCH3 is 1. The lowest BCUT2D eigenvalue weighted by molar-refractivity contribution is 0.0999. The molecule has 0 aliphatic carbocycles. The van der Waals surface area contributed by atoms with Crippen LogP contribution in [-0.2, 0) is 12.8 Å². The van der Waals surface area contributed by atoms with Crippen molar-refractivity contribution in [2.45, 2.75) is 26.7 Å². The number of phenolic OH excluding ortho intramolecular Hbond substituents is 1. The van der Waals surface area contributed by atoms with E-state index in [2.05, 4.69) is 0 Å². The minimum Gasteiger partial charge on any atom is -0.504 e. The number of aryl methyl sites for hydroxylation is 2. The van der Waals surface area contributed by atoms with Gasteiger partial charge in [-0.15, -0.1) is 0 Å². The van der Waals surface area contributed by atoms with Gasteiger partial charge in [-0.2, -0.15) is 5.26 Å². The van der Waals surface area contributed by atoms with Crippen LogP contribution in [0.3, 0.4) is 0 Å². The van der Waals surface area contributed by atoms with E-state index in [1.54, 1.807) is 6.92 Å². The first kappa shape index (κ1) is 31.3. The molecule has 0 atom stereocenters. The number of ether oxygens (including phenoxy) is 3. The molecule has 0 bridgehead atoms. The first-order chi connectivity index (χ1) is 20.0. The van der Waals surface area contributed by atoms with Crippen molar-refractivity contribution < 1.29 is 41.7 Å². The van der Waals surface area contributed by atoms with E-state index in [0.717, 1.165) is 24.3 Å². The zero-order chi connectivity index (χ0) is 31.0. The molecule has 3 N–H and O–H groups in total. The van der Waals surface area contributed by atoms with Crippen molar-refractivity contribution in [2.75, 3.05) is 7.11 Å². The predicted molar refractivity (Wildman–Crippen MR) is 146 cm³/mol. The summed E-state index contributed by atoms with van der Waals surface area (Å²) in [6.45, 7) is 3.55. The summed E-state index contributed by atoms with van der Waals surface area (Å²) in [7, 11) is 1.43. The molecule has 4 aromatic rings. The smallest absolute Gasteiger partial charge is 0.248 e. The second-order valence-corrected chi connectivity index (χ2v) is 8.68. The van der Waals surface area contributed by atoms with Crippen LogP contribution in [0.2, 0.25) is 0 Å². The third-order valence-corrected chi connectivity index (χ3v) is 5.94. The summed E-state index contributed by atoms with van der Waals surface area (Å²) < 4.78 is 70.7. The van der Waals surface area contributed by atoms with Crippen molar-refractivity contribution >= 4 is 5.91 Å². The molecule has 1 amide bonds. The number of rotatable bonds is 8. The van der Waals surface area contributed by atoms with Gasteiger partial charge in [0.1, 0.15) is 11.6 Å². The van der Waals surface area contributed by atoms with Gasteiger partial charge in [-0.3, -0.25) is 4.79 Å². The molecule has 7 nitrogen and oxygen atoms in total. The van der Waals surface area contributed by atoms with Crippen molar-refractivity contribution in [3.63, 3.8) is 0 Å². The number of nitrogens with zero attached hydrogens (tertiary/aromatic N) is 1. The lowest BCUT2D eigenvalue weighted by Crippen LogP contribution is -2.11. The summed E-state index contributed by atoms with van der Waals surface area (Å²) in [5, 5.41) is 18.4. The van der Waals surface area contributed by atoms with Gasteiger partial charge >= 0.3 is 0 Å². The van der Waals surface area contributed by atoms with Crippen LogP contribution >= 0.6 is 0 Å². The van der Waals surface area contributed by atoms with Crippen molar-refractivity contribution in [2.24, 2.45) is 5.73 Å². The number of phenols is 1. The van der Waals surface area contributed by atoms with Crippen molar-refractivity contribution in [3.05, 3.63) is 106 Å². The maximum absolute atomic E-state index is 13.8. The van der Waals surface area contributed by atoms with E-state index in [4.69, 9.17) is 25.2 Å². The van der Waals surface area contributed by atoms with E-state index >= 15 is 0 Å². The number of amides is 1. The summed E-state index contributed by atoms with van der Waals surface area (Å²) in [6, 6.07) is 13.9. The van der Waals surface area contributed by atoms with E-state index in [1.165, 1.54) is 43.5 Å². The number of hydrogen-bond acceptors (Lipinski definition) is 6. The average molecular weight is 583 g/mol. The SMILES string of the molecule is CCc1cc(O)c(Oc2ccc(C(N)=O)cc2F)cc1F.CCc1cc(OC)c(Oc2ccc(C#N)cc2F)cc1F. The van der Waals surface area contributed by atoms with Gasteiger partial charge in [0.2, 0.25) is 5.91 Å². The molecule has 0 fully saturated rings. The fourth-order valence-electron chi connectivity index (χ4n) is 3.65. The highest BCUT2D eigenvalue weighted by Gasteiger charge is 2.15. The molecular formula is C31H26F4N2O5. The topological polar surface area (TPSA) is 115 Å². The number of primary amides is 1. The summed E-state index contributed by atoms with van der Waals surface area (Å²) in [6.07, 6.45) is 0.912. The monoisotopic (exact) mass is 582 g/mol. The minimum atomic E-state index is -0.842. The Labute approximate surface area is 239 Å². The zero-order valence-corrected chi connectivity index (χ0v) is 22.8. The average Bonchev–Trinajstić information content (AvgIpc) is 2.97. The molecule has 218 valence electrons. The number of nitrogens with two attached hydrogens (primary N) is 1. The van der Waals surface area contributed by atoms with E-state index in [1.807, 2.05) is 13.0 Å².